The summed E-state index contributed by atoms with van der Waals surface area (Å²) < 4.78 is 5.75. The van der Waals surface area contributed by atoms with Crippen molar-refractivity contribution >= 4 is 16.6 Å². The average Bonchev–Trinajstić information content (AvgIpc) is 2.61. The Morgan fingerprint density at radius 3 is 2.70 bits per heavy atom. The van der Waals surface area contributed by atoms with Crippen LogP contribution in [-0.2, 0) is 0 Å². The summed E-state index contributed by atoms with van der Waals surface area (Å²) in [5.74, 6) is 0.838. The summed E-state index contributed by atoms with van der Waals surface area (Å²) in [5.41, 5.74) is 0.719. The first-order valence-corrected chi connectivity index (χ1v) is 8.36. The zero-order chi connectivity index (χ0) is 16.2. The maximum absolute atomic E-state index is 13.2. The van der Waals surface area contributed by atoms with Crippen LogP contribution in [0.4, 0.5) is 0 Å². The molecule has 4 heteroatoms. The number of benzene rings is 2. The van der Waals surface area contributed by atoms with Gasteiger partial charge in [-0.3, -0.25) is 9.69 Å². The lowest BCUT2D eigenvalue weighted by atomic mass is 9.96. The molecule has 1 unspecified atom stereocenters. The van der Waals surface area contributed by atoms with Crippen molar-refractivity contribution in [2.24, 2.45) is 0 Å². The molecule has 1 fully saturated rings. The summed E-state index contributed by atoms with van der Waals surface area (Å²) in [5, 5.41) is 5.38. The van der Waals surface area contributed by atoms with E-state index in [0.29, 0.717) is 12.4 Å². The van der Waals surface area contributed by atoms with E-state index in [1.54, 1.807) is 0 Å². The summed E-state index contributed by atoms with van der Waals surface area (Å²) in [4.78, 5) is 15.5. The van der Waals surface area contributed by atoms with Crippen LogP contribution in [0.3, 0.4) is 0 Å². The summed E-state index contributed by atoms with van der Waals surface area (Å²) in [6.45, 7) is 8.19. The van der Waals surface area contributed by atoms with Crippen LogP contribution in [0.5, 0.6) is 5.75 Å². The van der Waals surface area contributed by atoms with E-state index in [2.05, 4.69) is 10.2 Å². The van der Waals surface area contributed by atoms with Crippen molar-refractivity contribution in [2.75, 3.05) is 32.8 Å². The Balaban J connectivity index is 2.01. The van der Waals surface area contributed by atoms with Crippen LogP contribution in [0.25, 0.3) is 10.8 Å². The quantitative estimate of drug-likeness (QED) is 0.862. The highest BCUT2D eigenvalue weighted by Gasteiger charge is 2.27. The Morgan fingerprint density at radius 1 is 1.22 bits per heavy atom. The molecule has 1 aliphatic heterocycles. The molecule has 2 aromatic rings. The van der Waals surface area contributed by atoms with Gasteiger partial charge in [-0.1, -0.05) is 30.3 Å². The van der Waals surface area contributed by atoms with E-state index in [9.17, 15) is 4.79 Å². The van der Waals surface area contributed by atoms with Crippen LogP contribution in [-0.4, -0.2) is 49.5 Å². The van der Waals surface area contributed by atoms with E-state index < -0.39 is 0 Å². The van der Waals surface area contributed by atoms with Gasteiger partial charge in [-0.2, -0.15) is 0 Å². The fourth-order valence-electron chi connectivity index (χ4n) is 3.23. The molecule has 2 aromatic carbocycles. The van der Waals surface area contributed by atoms with Crippen molar-refractivity contribution in [3.8, 4) is 5.75 Å². The minimum absolute atomic E-state index is 0.137. The third-order valence-corrected chi connectivity index (χ3v) is 4.52. The molecule has 0 aliphatic carbocycles. The number of rotatable bonds is 5. The molecule has 0 bridgehead atoms. The van der Waals surface area contributed by atoms with Crippen molar-refractivity contribution in [3.63, 3.8) is 0 Å². The van der Waals surface area contributed by atoms with Crippen LogP contribution in [0, 0.1) is 0 Å². The maximum Gasteiger partial charge on any atom is 0.184 e. The highest BCUT2D eigenvalue weighted by molar-refractivity contribution is 6.12. The number of piperazine rings is 1. The number of nitrogens with zero attached hydrogens (tertiary/aromatic N) is 1. The Labute approximate surface area is 137 Å². The predicted octanol–water partition coefficient (Wildman–Crippen LogP) is 2.71. The SMILES string of the molecule is CCOc1ccc2ccccc2c1C(=O)C(C)N1CCNCC1. The highest BCUT2D eigenvalue weighted by Crippen LogP contribution is 2.30. The molecule has 23 heavy (non-hydrogen) atoms. The van der Waals surface area contributed by atoms with Crippen LogP contribution in [0.2, 0.25) is 0 Å². The molecule has 3 rings (SSSR count). The second-order valence-corrected chi connectivity index (χ2v) is 5.92. The molecular weight excluding hydrogens is 288 g/mol. The Bertz CT molecular complexity index is 693. The Hall–Kier alpha value is -1.91. The number of carbonyl (C=O) groups excluding carboxylic acids is 1. The van der Waals surface area contributed by atoms with Gasteiger partial charge in [0, 0.05) is 26.2 Å². The van der Waals surface area contributed by atoms with Gasteiger partial charge in [-0.25, -0.2) is 0 Å². The van der Waals surface area contributed by atoms with Crippen molar-refractivity contribution in [3.05, 3.63) is 42.0 Å². The minimum Gasteiger partial charge on any atom is -0.493 e. The van der Waals surface area contributed by atoms with E-state index in [-0.39, 0.29) is 11.8 Å². The lowest BCUT2D eigenvalue weighted by Crippen LogP contribution is -2.50. The largest absolute Gasteiger partial charge is 0.493 e. The second kappa shape index (κ2) is 7.11. The number of hydrogen-bond donors (Lipinski definition) is 1. The molecule has 0 aromatic heterocycles. The molecule has 0 radical (unpaired) electrons. The third-order valence-electron chi connectivity index (χ3n) is 4.52. The normalized spacial score (nSPS) is 17.1. The summed E-state index contributed by atoms with van der Waals surface area (Å²) in [7, 11) is 0. The van der Waals surface area contributed by atoms with Gasteiger partial charge in [0.1, 0.15) is 5.75 Å². The van der Waals surface area contributed by atoms with Gasteiger partial charge in [0.25, 0.3) is 0 Å². The van der Waals surface area contributed by atoms with Gasteiger partial charge in [0.05, 0.1) is 18.2 Å². The first-order chi connectivity index (χ1) is 11.2. The average molecular weight is 312 g/mol. The fourth-order valence-corrected chi connectivity index (χ4v) is 3.23. The molecule has 0 saturated carbocycles. The molecule has 4 nitrogen and oxygen atoms in total. The van der Waals surface area contributed by atoms with Crippen LogP contribution in [0.15, 0.2) is 36.4 Å². The smallest absolute Gasteiger partial charge is 0.184 e. The van der Waals surface area contributed by atoms with Gasteiger partial charge in [-0.05, 0) is 30.7 Å². The Kier molecular flexibility index (Phi) is 4.94. The first-order valence-electron chi connectivity index (χ1n) is 8.36. The molecule has 1 aliphatic rings. The van der Waals surface area contributed by atoms with Gasteiger partial charge < -0.3 is 10.1 Å². The fraction of sp³-hybridized carbons (Fsp3) is 0.421. The molecule has 1 atom stereocenters. The van der Waals surface area contributed by atoms with Gasteiger partial charge in [-0.15, -0.1) is 0 Å². The van der Waals surface area contributed by atoms with E-state index in [1.165, 1.54) is 0 Å². The molecule has 122 valence electrons. The molecular formula is C19H24N2O2. The third kappa shape index (κ3) is 3.23. The zero-order valence-corrected chi connectivity index (χ0v) is 13.8. The predicted molar refractivity (Wildman–Crippen MR) is 93.4 cm³/mol. The monoisotopic (exact) mass is 312 g/mol. The number of fused-ring (bicyclic) bond motifs is 1. The standard InChI is InChI=1S/C19H24N2O2/c1-3-23-17-9-8-15-6-4-5-7-16(15)18(17)19(22)14(2)21-12-10-20-11-13-21/h4-9,14,20H,3,10-13H2,1-2H3. The number of Topliss-reactive ketones (excluding diaryl/α,β-unsaturated/α-hetero) is 1. The summed E-state index contributed by atoms with van der Waals surface area (Å²) in [6.07, 6.45) is 0. The number of carbonyl (C=O) groups is 1. The molecule has 0 amide bonds. The lowest BCUT2D eigenvalue weighted by molar-refractivity contribution is 0.0818. The van der Waals surface area contributed by atoms with Crippen LogP contribution < -0.4 is 10.1 Å². The topological polar surface area (TPSA) is 41.6 Å². The first kappa shape index (κ1) is 16.0. The number of hydrogen-bond acceptors (Lipinski definition) is 4. The Morgan fingerprint density at radius 2 is 1.96 bits per heavy atom. The summed E-state index contributed by atoms with van der Waals surface area (Å²) >= 11 is 0. The minimum atomic E-state index is -0.137. The number of ketones is 1. The van der Waals surface area contributed by atoms with Crippen molar-refractivity contribution in [1.82, 2.24) is 10.2 Å². The van der Waals surface area contributed by atoms with Gasteiger partial charge in [0.15, 0.2) is 5.78 Å². The van der Waals surface area contributed by atoms with E-state index in [1.807, 2.05) is 50.2 Å². The van der Waals surface area contributed by atoms with Gasteiger partial charge in [0.2, 0.25) is 0 Å². The van der Waals surface area contributed by atoms with Crippen LogP contribution in [0.1, 0.15) is 24.2 Å². The van der Waals surface area contributed by atoms with Crippen molar-refractivity contribution in [1.29, 1.82) is 0 Å². The van der Waals surface area contributed by atoms with Crippen LogP contribution >= 0.6 is 0 Å². The lowest BCUT2D eigenvalue weighted by Gasteiger charge is -2.32. The van der Waals surface area contributed by atoms with E-state index in [4.69, 9.17) is 4.74 Å². The van der Waals surface area contributed by atoms with E-state index in [0.717, 1.165) is 42.5 Å². The number of ether oxygens (including phenoxy) is 1. The maximum atomic E-state index is 13.2. The molecule has 1 N–H and O–H groups in total. The highest BCUT2D eigenvalue weighted by atomic mass is 16.5. The van der Waals surface area contributed by atoms with Gasteiger partial charge >= 0.3 is 0 Å². The zero-order valence-electron chi connectivity index (χ0n) is 13.8. The molecule has 1 saturated heterocycles. The van der Waals surface area contributed by atoms with Crippen molar-refractivity contribution < 1.29 is 9.53 Å². The summed E-state index contributed by atoms with van der Waals surface area (Å²) in [6, 6.07) is 11.8. The second-order valence-electron chi connectivity index (χ2n) is 5.92. The van der Waals surface area contributed by atoms with Crippen molar-refractivity contribution in [2.45, 2.75) is 19.9 Å². The molecule has 0 spiro atoms. The molecule has 1 heterocycles. The van der Waals surface area contributed by atoms with E-state index >= 15 is 0 Å². The number of nitrogens with one attached hydrogen (secondary N) is 1.